The molecule has 5 aromatic rings. The molecule has 0 saturated heterocycles. The van der Waals surface area contributed by atoms with Gasteiger partial charge in [-0.25, -0.2) is 0 Å². The first-order valence-corrected chi connectivity index (χ1v) is 8.23. The van der Waals surface area contributed by atoms with E-state index in [1.165, 1.54) is 43.4 Å². The molecule has 0 aliphatic heterocycles. The normalized spacial score (nSPS) is 11.3. The predicted octanol–water partition coefficient (Wildman–Crippen LogP) is 6.61. The van der Waals surface area contributed by atoms with Crippen LogP contribution in [-0.2, 0) is 0 Å². The molecule has 0 aliphatic carbocycles. The van der Waals surface area contributed by atoms with Gasteiger partial charge >= 0.3 is 0 Å². The monoisotopic (exact) mass is 303 g/mol. The van der Waals surface area contributed by atoms with Crippen molar-refractivity contribution in [2.45, 2.75) is 0 Å². The number of hydrogen-bond donors (Lipinski definition) is 0. The molecule has 0 spiro atoms. The zero-order valence-corrected chi connectivity index (χ0v) is 13.2. The Hall–Kier alpha value is -3.12. The summed E-state index contributed by atoms with van der Waals surface area (Å²) in [7, 11) is 0. The molecule has 0 aromatic heterocycles. The summed E-state index contributed by atoms with van der Waals surface area (Å²) >= 11 is 0. The van der Waals surface area contributed by atoms with Crippen LogP contribution in [0.25, 0.3) is 43.4 Å². The van der Waals surface area contributed by atoms with Crippen LogP contribution in [0.1, 0.15) is 0 Å². The highest BCUT2D eigenvalue weighted by Gasteiger charge is 2.12. The third-order valence-corrected chi connectivity index (χ3v) is 4.72. The van der Waals surface area contributed by atoms with E-state index in [4.69, 9.17) is 0 Å². The molecule has 0 N–H and O–H groups in total. The van der Waals surface area contributed by atoms with Gasteiger partial charge in [0.25, 0.3) is 0 Å². The van der Waals surface area contributed by atoms with Crippen molar-refractivity contribution >= 4 is 32.3 Å². The Morgan fingerprint density at radius 1 is 0.458 bits per heavy atom. The number of hydrogen-bond acceptors (Lipinski definition) is 0. The van der Waals surface area contributed by atoms with Gasteiger partial charge in [0.15, 0.2) is 0 Å². The maximum Gasteiger partial charge on any atom is -0.00139 e. The summed E-state index contributed by atoms with van der Waals surface area (Å²) in [6.45, 7) is 0. The van der Waals surface area contributed by atoms with Crippen molar-refractivity contribution < 1.29 is 0 Å². The second kappa shape index (κ2) is 5.21. The standard InChI is InChI=1S/C24H15/c1-4-12-20-17(8-1)11-7-15-23(20)24-21-13-5-2-9-18(21)16-19-10-3-6-14-22(19)24/h1-15H. The Balaban J connectivity index is 2.04. The molecule has 1 radical (unpaired) electrons. The SMILES string of the molecule is [c]1c2ccccc2c(-c2cccc3ccccc23)c2ccccc12. The molecule has 0 amide bonds. The zero-order chi connectivity index (χ0) is 15.9. The molecule has 0 saturated carbocycles. The van der Waals surface area contributed by atoms with Gasteiger partial charge in [0, 0.05) is 0 Å². The smallest absolute Gasteiger partial charge is 0.00139 e. The van der Waals surface area contributed by atoms with Gasteiger partial charge in [-0.3, -0.25) is 0 Å². The Labute approximate surface area is 141 Å². The van der Waals surface area contributed by atoms with Gasteiger partial charge in [-0.2, -0.15) is 0 Å². The lowest BCUT2D eigenvalue weighted by atomic mass is 9.89. The highest BCUT2D eigenvalue weighted by molar-refractivity contribution is 6.16. The van der Waals surface area contributed by atoms with Crippen LogP contribution in [0.15, 0.2) is 91.0 Å². The van der Waals surface area contributed by atoms with E-state index in [1.54, 1.807) is 0 Å². The Kier molecular flexibility index (Phi) is 2.89. The molecule has 5 rings (SSSR count). The van der Waals surface area contributed by atoms with Crippen LogP contribution in [-0.4, -0.2) is 0 Å². The number of rotatable bonds is 1. The van der Waals surface area contributed by atoms with Crippen molar-refractivity contribution in [2.75, 3.05) is 0 Å². The first kappa shape index (κ1) is 13.3. The summed E-state index contributed by atoms with van der Waals surface area (Å²) in [5.41, 5.74) is 2.59. The molecule has 0 atom stereocenters. The van der Waals surface area contributed by atoms with Gasteiger partial charge < -0.3 is 0 Å². The van der Waals surface area contributed by atoms with E-state index in [1.807, 2.05) is 0 Å². The van der Waals surface area contributed by atoms with Crippen LogP contribution in [0.2, 0.25) is 0 Å². The largest absolute Gasteiger partial charge is 0.0616 e. The average molecular weight is 303 g/mol. The maximum atomic E-state index is 3.57. The third kappa shape index (κ3) is 1.93. The minimum absolute atomic E-state index is 1.17. The fourth-order valence-corrected chi connectivity index (χ4v) is 3.64. The van der Waals surface area contributed by atoms with Gasteiger partial charge in [-0.05, 0) is 49.5 Å². The highest BCUT2D eigenvalue weighted by atomic mass is 14.1. The molecule has 0 heterocycles. The van der Waals surface area contributed by atoms with Crippen LogP contribution in [0.3, 0.4) is 0 Å². The number of benzene rings is 5. The fourth-order valence-electron chi connectivity index (χ4n) is 3.64. The minimum atomic E-state index is 1.17. The quantitative estimate of drug-likeness (QED) is 0.305. The molecule has 0 aliphatic rings. The second-order valence-corrected chi connectivity index (χ2v) is 6.12. The zero-order valence-electron chi connectivity index (χ0n) is 13.2. The first-order valence-electron chi connectivity index (χ1n) is 8.23. The Morgan fingerprint density at radius 3 is 1.71 bits per heavy atom. The van der Waals surface area contributed by atoms with E-state index < -0.39 is 0 Å². The van der Waals surface area contributed by atoms with E-state index >= 15 is 0 Å². The molecule has 5 aromatic carbocycles. The molecule has 0 bridgehead atoms. The summed E-state index contributed by atoms with van der Waals surface area (Å²) < 4.78 is 0. The fraction of sp³-hybridized carbons (Fsp3) is 0. The molecule has 111 valence electrons. The molecule has 0 nitrogen and oxygen atoms in total. The summed E-state index contributed by atoms with van der Waals surface area (Å²) in [5.74, 6) is 0. The molecule has 0 unspecified atom stereocenters. The number of fused-ring (bicyclic) bond motifs is 3. The summed E-state index contributed by atoms with van der Waals surface area (Å²) in [6.07, 6.45) is 0. The minimum Gasteiger partial charge on any atom is -0.0616 e. The van der Waals surface area contributed by atoms with E-state index in [0.29, 0.717) is 0 Å². The molecule has 0 fully saturated rings. The second-order valence-electron chi connectivity index (χ2n) is 6.12. The van der Waals surface area contributed by atoms with Gasteiger partial charge in [-0.1, -0.05) is 91.0 Å². The molecular weight excluding hydrogens is 288 g/mol. The van der Waals surface area contributed by atoms with E-state index in [2.05, 4.69) is 97.1 Å². The lowest BCUT2D eigenvalue weighted by molar-refractivity contribution is 1.70. The third-order valence-electron chi connectivity index (χ3n) is 4.72. The summed E-state index contributed by atoms with van der Waals surface area (Å²) in [4.78, 5) is 0. The average Bonchev–Trinajstić information content (AvgIpc) is 2.66. The Morgan fingerprint density at radius 2 is 1.00 bits per heavy atom. The molecular formula is C24H15. The van der Waals surface area contributed by atoms with E-state index in [0.717, 1.165) is 0 Å². The summed E-state index contributed by atoms with van der Waals surface area (Å²) in [6, 6.07) is 35.8. The first-order chi connectivity index (χ1) is 11.9. The molecule has 24 heavy (non-hydrogen) atoms. The van der Waals surface area contributed by atoms with Gasteiger partial charge in [0.2, 0.25) is 0 Å². The van der Waals surface area contributed by atoms with Crippen LogP contribution >= 0.6 is 0 Å². The van der Waals surface area contributed by atoms with Crippen molar-refractivity contribution in [3.63, 3.8) is 0 Å². The van der Waals surface area contributed by atoms with Crippen molar-refractivity contribution in [1.82, 2.24) is 0 Å². The van der Waals surface area contributed by atoms with Crippen molar-refractivity contribution in [2.24, 2.45) is 0 Å². The van der Waals surface area contributed by atoms with Gasteiger partial charge in [-0.15, -0.1) is 0 Å². The highest BCUT2D eigenvalue weighted by Crippen LogP contribution is 2.39. The predicted molar refractivity (Wildman–Crippen MR) is 103 cm³/mol. The van der Waals surface area contributed by atoms with Crippen LogP contribution in [0, 0.1) is 6.07 Å². The van der Waals surface area contributed by atoms with Gasteiger partial charge in [0.1, 0.15) is 0 Å². The van der Waals surface area contributed by atoms with E-state index in [-0.39, 0.29) is 0 Å². The lowest BCUT2D eigenvalue weighted by Crippen LogP contribution is -1.87. The maximum absolute atomic E-state index is 3.57. The summed E-state index contributed by atoms with van der Waals surface area (Å²) in [5, 5.41) is 7.41. The van der Waals surface area contributed by atoms with Crippen molar-refractivity contribution in [1.29, 1.82) is 0 Å². The van der Waals surface area contributed by atoms with Crippen LogP contribution < -0.4 is 0 Å². The van der Waals surface area contributed by atoms with Crippen molar-refractivity contribution in [3.8, 4) is 11.1 Å². The van der Waals surface area contributed by atoms with Crippen LogP contribution in [0.4, 0.5) is 0 Å². The molecule has 0 heteroatoms. The van der Waals surface area contributed by atoms with E-state index in [9.17, 15) is 0 Å². The van der Waals surface area contributed by atoms with Crippen LogP contribution in [0.5, 0.6) is 0 Å². The lowest BCUT2D eigenvalue weighted by Gasteiger charge is -2.14. The van der Waals surface area contributed by atoms with Crippen molar-refractivity contribution in [3.05, 3.63) is 97.1 Å². The topological polar surface area (TPSA) is 0 Å². The Bertz CT molecular complexity index is 1140. The van der Waals surface area contributed by atoms with Gasteiger partial charge in [0.05, 0.1) is 0 Å².